The first kappa shape index (κ1) is 13.0. The van der Waals surface area contributed by atoms with Crippen LogP contribution in [0.5, 0.6) is 0 Å². The Morgan fingerprint density at radius 1 is 1.33 bits per heavy atom. The average Bonchev–Trinajstić information content (AvgIpc) is 2.61. The molecule has 6 nitrogen and oxygen atoms in total. The summed E-state index contributed by atoms with van der Waals surface area (Å²) in [6, 6.07) is 1.45. The molecule has 2 aromatic rings. The van der Waals surface area contributed by atoms with Crippen molar-refractivity contribution in [1.82, 2.24) is 10.1 Å². The van der Waals surface area contributed by atoms with Gasteiger partial charge in [0.05, 0.1) is 5.69 Å². The first-order valence-corrected chi connectivity index (χ1v) is 7.24. The molecule has 0 amide bonds. The summed E-state index contributed by atoms with van der Waals surface area (Å²) in [7, 11) is -3.72. The van der Waals surface area contributed by atoms with Crippen LogP contribution in [0.15, 0.2) is 32.4 Å². The molecule has 0 unspecified atom stereocenters. The van der Waals surface area contributed by atoms with Crippen molar-refractivity contribution in [3.63, 3.8) is 0 Å². The van der Waals surface area contributed by atoms with E-state index in [0.717, 1.165) is 0 Å². The van der Waals surface area contributed by atoms with Gasteiger partial charge in [0.2, 0.25) is 5.88 Å². The van der Waals surface area contributed by atoms with Gasteiger partial charge in [-0.05, 0) is 35.8 Å². The number of halogens is 1. The van der Waals surface area contributed by atoms with Gasteiger partial charge in [-0.2, -0.15) is 0 Å². The molecule has 2 heterocycles. The average molecular weight is 332 g/mol. The summed E-state index contributed by atoms with van der Waals surface area (Å²) in [5.41, 5.74) is 1.29. The molecule has 2 rings (SSSR count). The van der Waals surface area contributed by atoms with Crippen LogP contribution < -0.4 is 4.72 Å². The molecule has 0 aliphatic rings. The first-order valence-electron chi connectivity index (χ1n) is 4.96. The van der Waals surface area contributed by atoms with Crippen molar-refractivity contribution in [3.05, 3.63) is 34.2 Å². The van der Waals surface area contributed by atoms with Crippen molar-refractivity contribution in [2.24, 2.45) is 0 Å². The van der Waals surface area contributed by atoms with Crippen LogP contribution >= 0.6 is 15.9 Å². The number of rotatable bonds is 3. The summed E-state index contributed by atoms with van der Waals surface area (Å²) in [6.45, 7) is 3.46. The van der Waals surface area contributed by atoms with Gasteiger partial charge in [0.1, 0.15) is 4.90 Å². The normalized spacial score (nSPS) is 11.5. The molecule has 0 saturated carbocycles. The van der Waals surface area contributed by atoms with Gasteiger partial charge in [0, 0.05) is 22.4 Å². The van der Waals surface area contributed by atoms with Crippen LogP contribution in [0.4, 0.5) is 5.88 Å². The molecule has 0 aromatic carbocycles. The van der Waals surface area contributed by atoms with Crippen LogP contribution in [-0.4, -0.2) is 18.6 Å². The number of sulfonamides is 1. The van der Waals surface area contributed by atoms with E-state index in [-0.39, 0.29) is 10.8 Å². The third-order valence-corrected chi connectivity index (χ3v) is 4.11. The van der Waals surface area contributed by atoms with Crippen molar-refractivity contribution in [3.8, 4) is 0 Å². The van der Waals surface area contributed by atoms with E-state index in [9.17, 15) is 8.42 Å². The lowest BCUT2D eigenvalue weighted by atomic mass is 10.3. The van der Waals surface area contributed by atoms with Crippen LogP contribution in [0.1, 0.15) is 11.3 Å². The second-order valence-corrected chi connectivity index (χ2v) is 6.26. The highest BCUT2D eigenvalue weighted by molar-refractivity contribution is 9.10. The van der Waals surface area contributed by atoms with Gasteiger partial charge < -0.3 is 4.52 Å². The maximum absolute atomic E-state index is 12.1. The zero-order valence-corrected chi connectivity index (χ0v) is 12.0. The fraction of sp³-hybridized carbons (Fsp3) is 0.200. The molecule has 0 spiro atoms. The number of pyridine rings is 1. The molecule has 0 aliphatic carbocycles. The van der Waals surface area contributed by atoms with Gasteiger partial charge in [0.25, 0.3) is 10.0 Å². The molecular weight excluding hydrogens is 322 g/mol. The minimum Gasteiger partial charge on any atom is -0.337 e. The summed E-state index contributed by atoms with van der Waals surface area (Å²) in [6.07, 6.45) is 2.76. The Hall–Kier alpha value is -1.41. The molecule has 0 fully saturated rings. The predicted molar refractivity (Wildman–Crippen MR) is 68.7 cm³/mol. The largest absolute Gasteiger partial charge is 0.337 e. The van der Waals surface area contributed by atoms with E-state index >= 15 is 0 Å². The maximum atomic E-state index is 12.1. The summed E-state index contributed by atoms with van der Waals surface area (Å²) < 4.78 is 31.9. The van der Waals surface area contributed by atoms with Gasteiger partial charge in [-0.3, -0.25) is 4.98 Å². The summed E-state index contributed by atoms with van der Waals surface area (Å²) >= 11 is 3.17. The molecule has 0 radical (unpaired) electrons. The van der Waals surface area contributed by atoms with Gasteiger partial charge >= 0.3 is 0 Å². The number of hydrogen-bond donors (Lipinski definition) is 1. The van der Waals surface area contributed by atoms with Gasteiger partial charge in [-0.25, -0.2) is 13.1 Å². The maximum Gasteiger partial charge on any atom is 0.265 e. The number of anilines is 1. The molecule has 1 N–H and O–H groups in total. The van der Waals surface area contributed by atoms with E-state index in [0.29, 0.717) is 15.7 Å². The van der Waals surface area contributed by atoms with E-state index in [1.807, 2.05) is 0 Å². The van der Waals surface area contributed by atoms with Crippen LogP contribution in [0.3, 0.4) is 0 Å². The van der Waals surface area contributed by atoms with E-state index in [1.165, 1.54) is 18.5 Å². The molecule has 0 aliphatic heterocycles. The molecule has 0 bridgehead atoms. The van der Waals surface area contributed by atoms with Crippen molar-refractivity contribution in [2.75, 3.05) is 4.72 Å². The third kappa shape index (κ3) is 2.54. The number of nitrogens with zero attached hydrogens (tertiary/aromatic N) is 2. The fourth-order valence-electron chi connectivity index (χ4n) is 1.23. The Labute approximate surface area is 113 Å². The Morgan fingerprint density at radius 2 is 2.06 bits per heavy atom. The molecule has 96 valence electrons. The highest BCUT2D eigenvalue weighted by atomic mass is 79.9. The van der Waals surface area contributed by atoms with Crippen LogP contribution in [0.25, 0.3) is 0 Å². The van der Waals surface area contributed by atoms with Crippen molar-refractivity contribution in [2.45, 2.75) is 18.7 Å². The highest BCUT2D eigenvalue weighted by Crippen LogP contribution is 2.22. The molecule has 0 atom stereocenters. The second-order valence-electron chi connectivity index (χ2n) is 3.67. The number of aryl methyl sites for hydroxylation is 1. The zero-order valence-electron chi connectivity index (χ0n) is 9.64. The number of hydrogen-bond acceptors (Lipinski definition) is 5. The van der Waals surface area contributed by atoms with Crippen molar-refractivity contribution in [1.29, 1.82) is 0 Å². The van der Waals surface area contributed by atoms with Crippen LogP contribution in [-0.2, 0) is 10.0 Å². The zero-order chi connectivity index (χ0) is 13.3. The SMILES string of the molecule is Cc1noc(NS(=O)(=O)c2cncc(Br)c2)c1C. The smallest absolute Gasteiger partial charge is 0.265 e. The molecule has 0 saturated heterocycles. The Morgan fingerprint density at radius 3 is 2.61 bits per heavy atom. The second kappa shape index (κ2) is 4.69. The molecular formula is C10H10BrN3O3S. The minimum absolute atomic E-state index is 0.0466. The lowest BCUT2D eigenvalue weighted by molar-refractivity contribution is 0.430. The quantitative estimate of drug-likeness (QED) is 0.932. The summed E-state index contributed by atoms with van der Waals surface area (Å²) in [5.74, 6) is 0.118. The van der Waals surface area contributed by atoms with E-state index < -0.39 is 10.0 Å². The molecule has 8 heteroatoms. The Balaban J connectivity index is 2.36. The van der Waals surface area contributed by atoms with Gasteiger partial charge in [-0.1, -0.05) is 5.16 Å². The first-order chi connectivity index (χ1) is 8.40. The van der Waals surface area contributed by atoms with Crippen molar-refractivity contribution >= 4 is 31.8 Å². The lowest BCUT2D eigenvalue weighted by Gasteiger charge is -2.05. The Bertz CT molecular complexity index is 681. The predicted octanol–water partition coefficient (Wildman–Crippen LogP) is 2.25. The number of nitrogens with one attached hydrogen (secondary N) is 1. The fourth-order valence-corrected chi connectivity index (χ4v) is 2.78. The third-order valence-electron chi connectivity index (χ3n) is 2.37. The highest BCUT2D eigenvalue weighted by Gasteiger charge is 2.19. The van der Waals surface area contributed by atoms with Crippen molar-refractivity contribution < 1.29 is 12.9 Å². The van der Waals surface area contributed by atoms with E-state index in [4.69, 9.17) is 4.52 Å². The van der Waals surface area contributed by atoms with Gasteiger partial charge in [0.15, 0.2) is 0 Å². The molecule has 18 heavy (non-hydrogen) atoms. The van der Waals surface area contributed by atoms with E-state index in [1.54, 1.807) is 13.8 Å². The Kier molecular flexibility index (Phi) is 3.40. The lowest BCUT2D eigenvalue weighted by Crippen LogP contribution is -2.13. The molecule has 2 aromatic heterocycles. The summed E-state index contributed by atoms with van der Waals surface area (Å²) in [5, 5.41) is 3.68. The van der Waals surface area contributed by atoms with Crippen LogP contribution in [0.2, 0.25) is 0 Å². The standard InChI is InChI=1S/C10H10BrN3O3S/c1-6-7(2)13-17-10(6)14-18(15,16)9-3-8(11)4-12-5-9/h3-5,14H,1-2H3. The van der Waals surface area contributed by atoms with E-state index in [2.05, 4.69) is 30.8 Å². The number of aromatic nitrogens is 2. The topological polar surface area (TPSA) is 85.1 Å². The minimum atomic E-state index is -3.72. The summed E-state index contributed by atoms with van der Waals surface area (Å²) in [4.78, 5) is 3.85. The van der Waals surface area contributed by atoms with Crippen LogP contribution in [0, 0.1) is 13.8 Å². The monoisotopic (exact) mass is 331 g/mol. The van der Waals surface area contributed by atoms with Gasteiger partial charge in [-0.15, -0.1) is 0 Å².